The molecule has 7 aromatic rings. The van der Waals surface area contributed by atoms with Crippen LogP contribution in [0.5, 0.6) is 23.0 Å². The minimum absolute atomic E-state index is 0.0604. The first-order chi connectivity index (χ1) is 28.7. The summed E-state index contributed by atoms with van der Waals surface area (Å²) in [5, 5.41) is 0. The molecule has 2 aromatic heterocycles. The van der Waals surface area contributed by atoms with E-state index in [2.05, 4.69) is 135 Å². The average Bonchev–Trinajstić information content (AvgIpc) is 3.78. The van der Waals surface area contributed by atoms with Crippen LogP contribution in [-0.2, 0) is 0 Å². The Morgan fingerprint density at radius 1 is 0.458 bits per heavy atom. The number of para-hydroxylation sites is 2. The number of benzene rings is 5. The smallest absolute Gasteiger partial charge is 0.260 e. The molecule has 5 aromatic carbocycles. The molecule has 6 heterocycles. The van der Waals surface area contributed by atoms with Gasteiger partial charge in [-0.1, -0.05) is 66.7 Å². The molecule has 0 amide bonds. The maximum absolute atomic E-state index is 6.69. The Morgan fingerprint density at radius 2 is 0.898 bits per heavy atom. The van der Waals surface area contributed by atoms with Crippen LogP contribution in [0.4, 0.5) is 11.4 Å². The fraction of sp³-hybridized carbons (Fsp3) is 0.160. The third-order valence-electron chi connectivity index (χ3n) is 11.6. The summed E-state index contributed by atoms with van der Waals surface area (Å²) in [4.78, 5) is 24.3. The zero-order valence-electron chi connectivity index (χ0n) is 33.4. The number of ether oxygens (including phenoxy) is 2. The van der Waals surface area contributed by atoms with Crippen molar-refractivity contribution in [3.63, 3.8) is 0 Å². The van der Waals surface area contributed by atoms with Crippen molar-refractivity contribution in [1.29, 1.82) is 0 Å². The summed E-state index contributed by atoms with van der Waals surface area (Å²) in [6.45, 7) is 10.2. The Morgan fingerprint density at radius 3 is 1.36 bits per heavy atom. The lowest BCUT2D eigenvalue weighted by atomic mass is 9.35. The van der Waals surface area contributed by atoms with Gasteiger partial charge in [0.2, 0.25) is 0 Å². The second-order valence-corrected chi connectivity index (χ2v) is 17.1. The number of fused-ring (bicyclic) bond motifs is 4. The lowest BCUT2D eigenvalue weighted by molar-refractivity contribution is 0.464. The summed E-state index contributed by atoms with van der Waals surface area (Å²) in [5.74, 6) is 5.11. The van der Waals surface area contributed by atoms with E-state index in [9.17, 15) is 0 Å². The molecule has 0 saturated carbocycles. The summed E-state index contributed by atoms with van der Waals surface area (Å²) < 4.78 is 13.4. The second kappa shape index (κ2) is 13.3. The fourth-order valence-electron chi connectivity index (χ4n) is 9.00. The van der Waals surface area contributed by atoms with E-state index < -0.39 is 0 Å². The third-order valence-corrected chi connectivity index (χ3v) is 11.6. The van der Waals surface area contributed by atoms with Crippen LogP contribution in [-0.4, -0.2) is 52.5 Å². The van der Waals surface area contributed by atoms with Crippen molar-refractivity contribution in [2.45, 2.75) is 38.8 Å². The Hall–Kier alpha value is -7.00. The first-order valence-corrected chi connectivity index (χ1v) is 20.2. The molecule has 0 fully saturated rings. The molecule has 0 N–H and O–H groups in total. The van der Waals surface area contributed by atoms with Crippen molar-refractivity contribution in [1.82, 2.24) is 9.97 Å². The van der Waals surface area contributed by atoms with Crippen molar-refractivity contribution >= 4 is 46.1 Å². The molecule has 59 heavy (non-hydrogen) atoms. The van der Waals surface area contributed by atoms with E-state index in [-0.39, 0.29) is 17.8 Å². The summed E-state index contributed by atoms with van der Waals surface area (Å²) in [5.41, 5.74) is 11.1. The Bertz CT molecular complexity index is 2680. The summed E-state index contributed by atoms with van der Waals surface area (Å²) >= 11 is 0. The van der Waals surface area contributed by atoms with E-state index in [4.69, 9.17) is 29.4 Å². The Labute approximate surface area is 344 Å². The van der Waals surface area contributed by atoms with Crippen molar-refractivity contribution in [3.05, 3.63) is 163 Å². The summed E-state index contributed by atoms with van der Waals surface area (Å²) in [6.07, 6.45) is 7.66. The first-order valence-electron chi connectivity index (χ1n) is 20.2. The molecule has 8 nitrogen and oxygen atoms in total. The highest BCUT2D eigenvalue weighted by Gasteiger charge is 2.40. The van der Waals surface area contributed by atoms with Gasteiger partial charge in [-0.2, -0.15) is 0 Å². The van der Waals surface area contributed by atoms with Gasteiger partial charge in [0.15, 0.2) is 0 Å². The van der Waals surface area contributed by atoms with Gasteiger partial charge < -0.3 is 19.3 Å². The lowest BCUT2D eigenvalue weighted by Gasteiger charge is -2.33. The van der Waals surface area contributed by atoms with Crippen molar-refractivity contribution in [2.24, 2.45) is 9.98 Å². The predicted molar refractivity (Wildman–Crippen MR) is 239 cm³/mol. The van der Waals surface area contributed by atoms with E-state index in [1.807, 2.05) is 55.1 Å². The molecular weight excluding hydrogens is 727 g/mol. The fourth-order valence-corrected chi connectivity index (χ4v) is 9.00. The van der Waals surface area contributed by atoms with Gasteiger partial charge >= 0.3 is 0 Å². The number of anilines is 2. The largest absolute Gasteiger partial charge is 0.458 e. The second-order valence-electron chi connectivity index (χ2n) is 17.1. The van der Waals surface area contributed by atoms with Crippen LogP contribution in [0.15, 0.2) is 162 Å². The van der Waals surface area contributed by atoms with Gasteiger partial charge in [0.1, 0.15) is 34.7 Å². The number of aliphatic imine (C=N–C) groups is 2. The zero-order valence-corrected chi connectivity index (χ0v) is 33.4. The Kier molecular flexibility index (Phi) is 7.92. The molecule has 0 radical (unpaired) electrons. The molecule has 0 atom stereocenters. The van der Waals surface area contributed by atoms with Crippen LogP contribution in [0.25, 0.3) is 22.3 Å². The molecule has 286 valence electrons. The Balaban J connectivity index is 0.935. The van der Waals surface area contributed by atoms with Crippen LogP contribution in [0.3, 0.4) is 0 Å². The molecule has 0 aliphatic carbocycles. The van der Waals surface area contributed by atoms with Gasteiger partial charge in [-0.05, 0) is 110 Å². The van der Waals surface area contributed by atoms with Gasteiger partial charge in [0.05, 0.1) is 11.1 Å². The van der Waals surface area contributed by atoms with Crippen LogP contribution < -0.4 is 35.7 Å². The highest BCUT2D eigenvalue weighted by atomic mass is 16.5. The molecular formula is C50H41BN6O2. The lowest BCUT2D eigenvalue weighted by Crippen LogP contribution is -2.57. The van der Waals surface area contributed by atoms with Crippen molar-refractivity contribution in [2.75, 3.05) is 22.9 Å². The van der Waals surface area contributed by atoms with Gasteiger partial charge in [-0.15, -0.1) is 0 Å². The van der Waals surface area contributed by atoms with E-state index in [0.29, 0.717) is 0 Å². The SMILES string of the molecule is CC1(C)CN(c2ccccc2)C(c2cncc(-c3ccc4c(c3)Oc3cccc5c3B4c3ccc(-c4cncc(C6=NC(C)(C)CN6c6ccccc6)c4)cc3O5)c2)=N1. The standard InChI is InChI=1S/C50H41BN6O2/c1-49(2)30-56(38-12-7-5-8-13-38)47(54-49)36-22-34(26-52-28-36)32-18-20-40-44(24-32)58-42-16-11-17-43-46(42)51(40)41-21-19-33(25-45(41)59-43)35-23-37(29-53-27-35)48-55-50(3,4)31-57(48)39-14-9-6-10-15-39/h5-29H,30-31H2,1-4H3. The normalized spacial score (nSPS) is 16.6. The maximum Gasteiger partial charge on any atom is 0.260 e. The molecule has 4 aliphatic heterocycles. The number of pyridine rings is 2. The van der Waals surface area contributed by atoms with Crippen LogP contribution in [0.1, 0.15) is 38.8 Å². The number of nitrogens with zero attached hydrogens (tertiary/aromatic N) is 6. The average molecular weight is 769 g/mol. The van der Waals surface area contributed by atoms with Crippen LogP contribution >= 0.6 is 0 Å². The molecule has 11 rings (SSSR count). The van der Waals surface area contributed by atoms with Gasteiger partial charge in [-0.25, -0.2) is 0 Å². The molecule has 0 bridgehead atoms. The minimum Gasteiger partial charge on any atom is -0.458 e. The molecule has 0 spiro atoms. The number of hydrogen-bond donors (Lipinski definition) is 0. The minimum atomic E-state index is -0.221. The third kappa shape index (κ3) is 6.16. The molecule has 9 heteroatoms. The summed E-state index contributed by atoms with van der Waals surface area (Å²) in [6, 6.07) is 44.4. The van der Waals surface area contributed by atoms with E-state index in [0.717, 1.165) is 109 Å². The van der Waals surface area contributed by atoms with Crippen molar-refractivity contribution in [3.8, 4) is 45.3 Å². The monoisotopic (exact) mass is 768 g/mol. The highest BCUT2D eigenvalue weighted by Crippen LogP contribution is 2.38. The van der Waals surface area contributed by atoms with E-state index in [1.54, 1.807) is 0 Å². The van der Waals surface area contributed by atoms with Gasteiger partial charge in [-0.3, -0.25) is 20.0 Å². The topological polar surface area (TPSA) is 75.4 Å². The van der Waals surface area contributed by atoms with Crippen molar-refractivity contribution < 1.29 is 9.47 Å². The molecule has 0 saturated heterocycles. The van der Waals surface area contributed by atoms with Crippen LogP contribution in [0, 0.1) is 0 Å². The van der Waals surface area contributed by atoms with Gasteiger partial charge in [0, 0.05) is 77.0 Å². The number of hydrogen-bond acceptors (Lipinski definition) is 8. The van der Waals surface area contributed by atoms with Gasteiger partial charge in [0.25, 0.3) is 6.71 Å². The molecule has 4 aliphatic rings. The number of rotatable bonds is 6. The predicted octanol–water partition coefficient (Wildman–Crippen LogP) is 8.63. The highest BCUT2D eigenvalue weighted by molar-refractivity contribution is 6.98. The first kappa shape index (κ1) is 35.2. The van der Waals surface area contributed by atoms with E-state index in [1.165, 1.54) is 0 Å². The zero-order chi connectivity index (χ0) is 39.9. The number of aromatic nitrogens is 2. The number of amidine groups is 2. The van der Waals surface area contributed by atoms with E-state index >= 15 is 0 Å². The summed E-state index contributed by atoms with van der Waals surface area (Å²) in [7, 11) is 0. The quantitative estimate of drug-likeness (QED) is 0.158. The van der Waals surface area contributed by atoms with Crippen LogP contribution in [0.2, 0.25) is 0 Å². The molecule has 0 unspecified atom stereocenters. The maximum atomic E-state index is 6.69.